The summed E-state index contributed by atoms with van der Waals surface area (Å²) in [5.41, 5.74) is 13.6. The van der Waals surface area contributed by atoms with E-state index in [1.807, 2.05) is 0 Å². The molecule has 9 fully saturated rings. The zero-order valence-corrected chi connectivity index (χ0v) is 85.1. The van der Waals surface area contributed by atoms with E-state index in [-0.39, 0.29) is 151 Å². The number of aliphatic hydroxyl groups is 2. The fourth-order valence-electron chi connectivity index (χ4n) is 12.6. The van der Waals surface area contributed by atoms with E-state index in [9.17, 15) is 76.7 Å². The molecule has 7 N–H and O–H groups in total. The number of aldehydes is 1. The molecule has 0 aromatic heterocycles. The van der Waals surface area contributed by atoms with Crippen LogP contribution in [0.5, 0.6) is 0 Å². The van der Waals surface area contributed by atoms with Crippen molar-refractivity contribution in [1.82, 2.24) is 26.6 Å². The fraction of sp³-hybridized carbons (Fsp3) is 0.795. The van der Waals surface area contributed by atoms with Gasteiger partial charge >= 0.3 is 85.2 Å². The van der Waals surface area contributed by atoms with Crippen LogP contribution in [0, 0.1) is 5.92 Å². The van der Waals surface area contributed by atoms with Gasteiger partial charge in [-0.1, -0.05) is 130 Å². The van der Waals surface area contributed by atoms with Gasteiger partial charge in [-0.25, -0.2) is 9.59 Å². The van der Waals surface area contributed by atoms with Crippen molar-refractivity contribution in [3.8, 4) is 0 Å². The van der Waals surface area contributed by atoms with Crippen LogP contribution in [0.3, 0.4) is 0 Å². The number of amides is 5. The normalized spacial score (nSPS) is 23.6. The number of rotatable bonds is 17. The Morgan fingerprint density at radius 2 is 0.728 bits per heavy atom. The van der Waals surface area contributed by atoms with Crippen LogP contribution in [0.25, 0.3) is 20.9 Å². The summed E-state index contributed by atoms with van der Waals surface area (Å²) in [5.74, 6) is -3.84. The van der Waals surface area contributed by atoms with E-state index in [0.717, 1.165) is 128 Å². The number of hydrogen-bond donors (Lipinski definition) is 7. The van der Waals surface area contributed by atoms with Gasteiger partial charge in [0, 0.05) is 67.6 Å². The maximum absolute atomic E-state index is 11.7. The topological polar surface area (TPSA) is 527 Å². The van der Waals surface area contributed by atoms with Crippen molar-refractivity contribution < 1.29 is 125 Å². The van der Waals surface area contributed by atoms with Crippen molar-refractivity contribution in [3.05, 3.63) is 20.9 Å². The molecular formula is C78H124BrCl8I2N11O24V. The standard InChI is InChI=1S/C9H13BrO3.2C9H13N3O3.2C9H15NO3.C9H14O3.2C7H13NO2.C7H11NO2.CCl4.2CH2Cl2.2HI.V/c1-2-13-8(12)9(10)6-4-3-5-7(9)11;2*1-2-15-8(14)9(11-12-10)6-4-3-5-7(9)13;2*1-2-13-9(12)7-5-3-4-6-8(11)10-7;1-2-12-9(11)7-5-3-4-6-8(7)10;3*9-5-6-3-1-2-4-7(10)8-6;2-1(3,4)5;2*2-1-3;;;/h2-6H2,1H3;2*2-6H2,1H3;2*7H,2-6H2,1H3,(H,10,11);7H,2-6H2,1H3;2*6,9H,1-5H2,(H,8,10);5-6H,1-4H2,(H,8,10);;2*1H2;2*1H;/q;;;;;;;;;;;;;;+2/p-2. The van der Waals surface area contributed by atoms with Gasteiger partial charge in [0.1, 0.15) is 30.1 Å². The number of azide groups is 2. The fourth-order valence-corrected chi connectivity index (χ4v) is 13.2. The average Bonchev–Trinajstić information content (AvgIpc) is 1.45. The second-order valence-electron chi connectivity index (χ2n) is 27.8. The molecule has 35 nitrogen and oxygen atoms in total. The van der Waals surface area contributed by atoms with Crippen molar-refractivity contribution in [2.24, 2.45) is 16.1 Å². The summed E-state index contributed by atoms with van der Waals surface area (Å²) in [5, 5.41) is 38.0. The Bertz CT molecular complexity index is 3190. The molecule has 9 atom stereocenters. The number of halogens is 11. The Morgan fingerprint density at radius 1 is 0.440 bits per heavy atom. The van der Waals surface area contributed by atoms with Crippen LogP contribution < -0.4 is 26.6 Å². The first-order chi connectivity index (χ1) is 59.4. The summed E-state index contributed by atoms with van der Waals surface area (Å²) in [4.78, 5) is 184. The molecule has 47 heteroatoms. The third kappa shape index (κ3) is 60.6. The molecule has 0 aromatic carbocycles. The Kier molecular flexibility index (Phi) is 81.0. The second kappa shape index (κ2) is 79.6. The van der Waals surface area contributed by atoms with Crippen LogP contribution in [0.1, 0.15) is 273 Å². The predicted octanol–water partition coefficient (Wildman–Crippen LogP) is 15.3. The summed E-state index contributed by atoms with van der Waals surface area (Å²) in [6.45, 7) is 12.2. The molecule has 125 heavy (non-hydrogen) atoms. The molecule has 5 amide bonds. The third-order valence-electron chi connectivity index (χ3n) is 18.7. The molecule has 0 radical (unpaired) electrons. The number of ketones is 4. The number of nitrogens with one attached hydrogen (secondary N) is 5. The van der Waals surface area contributed by atoms with E-state index in [0.29, 0.717) is 119 Å². The maximum atomic E-state index is 11.7. The van der Waals surface area contributed by atoms with Gasteiger partial charge in [0.15, 0.2) is 21.7 Å². The molecule has 9 unspecified atom stereocenters. The number of Topliss-reactive ketones (excluding diaryl/α,β-unsaturated/α-hetero) is 4. The van der Waals surface area contributed by atoms with Gasteiger partial charge in [0.2, 0.25) is 40.6 Å². The Morgan fingerprint density at radius 3 is 1.05 bits per heavy atom. The van der Waals surface area contributed by atoms with Crippen LogP contribution >= 0.6 is 149 Å². The number of hydrogen-bond acceptors (Lipinski definition) is 26. The van der Waals surface area contributed by atoms with E-state index in [4.69, 9.17) is 143 Å². The minimum atomic E-state index is -1.61. The molecule has 0 aromatic rings. The van der Waals surface area contributed by atoms with Crippen molar-refractivity contribution in [2.75, 3.05) is 63.5 Å². The molecule has 5 heterocycles. The van der Waals surface area contributed by atoms with Gasteiger partial charge in [-0.15, -0.1) is 46.4 Å². The van der Waals surface area contributed by atoms with Gasteiger partial charge in [-0.2, -0.15) is 0 Å². The van der Waals surface area contributed by atoms with E-state index < -0.39 is 54.6 Å². The number of esters is 6. The van der Waals surface area contributed by atoms with Crippen molar-refractivity contribution >= 4 is 243 Å². The molecule has 717 valence electrons. The van der Waals surface area contributed by atoms with E-state index in [1.165, 1.54) is 0 Å². The molecular weight excluding hydrogens is 2140 g/mol. The SMILES string of the molecule is CCOC(=O)C1(Br)CCCCC1=O.CCOC(=O)C1(N=[N+]=[N-])CCCCC1=O.CCOC(=O)C1(N=[N+]=[N-])CCCCC1=O.CCOC(=O)C1CCCCC(=O)N1.CCOC(=O)C1CCCCC(=O)N1.CCOC(=O)C1CCCCC1=O.ClC(Cl)(Cl)Cl.ClCCl.ClCCl.O=C1CCCCC(CO)N1.O=C1CCCCC(CO)N1.O=CC1CCCCC(=O)N1.[I][V][I]. The molecule has 9 rings (SSSR count). The van der Waals surface area contributed by atoms with Crippen LogP contribution in [-0.4, -0.2) is 217 Å². The summed E-state index contributed by atoms with van der Waals surface area (Å²) in [6.07, 6.45) is 27.0. The molecule has 4 saturated carbocycles. The minimum absolute atomic E-state index is 0.00889. The van der Waals surface area contributed by atoms with E-state index in [2.05, 4.69) is 103 Å². The number of carbonyl (C=O) groups is 16. The molecule has 4 aliphatic carbocycles. The Balaban J connectivity index is -0.000000648. The summed E-state index contributed by atoms with van der Waals surface area (Å²) in [6, 6.07) is -1.05. The molecule has 0 bridgehead atoms. The Labute approximate surface area is 809 Å². The molecule has 0 spiro atoms. The number of alkyl halides is 9. The van der Waals surface area contributed by atoms with Gasteiger partial charge in [-0.3, -0.25) is 62.3 Å². The third-order valence-corrected chi connectivity index (χ3v) is 19.8. The van der Waals surface area contributed by atoms with Crippen molar-refractivity contribution in [2.45, 2.75) is 322 Å². The molecule has 5 saturated heterocycles. The molecule has 5 aliphatic heterocycles. The van der Waals surface area contributed by atoms with Gasteiger partial charge < -0.3 is 70.0 Å². The number of aliphatic hydroxyl groups excluding tert-OH is 2. The number of ether oxygens (including phenoxy) is 6. The monoisotopic (exact) mass is 2260 g/mol. The number of nitrogens with zero attached hydrogens (tertiary/aromatic N) is 6. The second-order valence-corrected chi connectivity index (χ2v) is 46.0. The first-order valence-corrected chi connectivity index (χ1v) is 54.9. The van der Waals surface area contributed by atoms with Crippen LogP contribution in [0.15, 0.2) is 10.2 Å². The zero-order valence-electron chi connectivity index (χ0n) is 71.7. The van der Waals surface area contributed by atoms with Crippen LogP contribution in [0.4, 0.5) is 0 Å². The molecule has 9 aliphatic rings. The van der Waals surface area contributed by atoms with Gasteiger partial charge in [0.25, 0.3) is 3.25 Å². The van der Waals surface area contributed by atoms with Crippen molar-refractivity contribution in [1.29, 1.82) is 0 Å². The Hall–Kier alpha value is -4.10. The quantitative estimate of drug-likeness (QED) is 0.00818. The zero-order chi connectivity index (χ0) is 95.7. The van der Waals surface area contributed by atoms with Crippen LogP contribution in [0.2, 0.25) is 0 Å². The summed E-state index contributed by atoms with van der Waals surface area (Å²) in [7, 11) is 0.628. The first-order valence-electron chi connectivity index (χ1n) is 41.4. The first kappa shape index (κ1) is 127. The van der Waals surface area contributed by atoms with Gasteiger partial charge in [-0.05, 0) is 168 Å². The van der Waals surface area contributed by atoms with Crippen molar-refractivity contribution in [3.63, 3.8) is 0 Å². The van der Waals surface area contributed by atoms with Crippen LogP contribution in [-0.2, 0) is 115 Å². The average molecular weight is 2270 g/mol. The predicted molar refractivity (Wildman–Crippen MR) is 492 cm³/mol. The van der Waals surface area contributed by atoms with E-state index >= 15 is 0 Å². The van der Waals surface area contributed by atoms with Gasteiger partial charge in [0.05, 0.1) is 81.7 Å². The van der Waals surface area contributed by atoms with E-state index in [1.54, 1.807) is 41.5 Å². The summed E-state index contributed by atoms with van der Waals surface area (Å²) >= 11 is 46.3. The number of carbonyl (C=O) groups excluding carboxylic acids is 16. The summed E-state index contributed by atoms with van der Waals surface area (Å²) < 4.78 is 26.2.